The molecule has 3 aromatic heterocycles. The molecule has 0 saturated carbocycles. The Bertz CT molecular complexity index is 1850. The lowest BCUT2D eigenvalue weighted by Crippen LogP contribution is -2.43. The van der Waals surface area contributed by atoms with Crippen molar-refractivity contribution in [3.63, 3.8) is 0 Å². The Morgan fingerprint density at radius 3 is 2.41 bits per heavy atom. The molecule has 3 heterocycles. The lowest BCUT2D eigenvalue weighted by molar-refractivity contribution is 0.0844. The van der Waals surface area contributed by atoms with Gasteiger partial charge in [-0.25, -0.2) is 9.36 Å². The van der Waals surface area contributed by atoms with Crippen molar-refractivity contribution >= 4 is 39.8 Å². The Morgan fingerprint density at radius 2 is 1.67 bits per heavy atom. The van der Waals surface area contributed by atoms with Crippen molar-refractivity contribution in [2.75, 3.05) is 11.9 Å². The second-order valence-electron chi connectivity index (χ2n) is 8.95. The average Bonchev–Trinajstić information content (AvgIpc) is 3.26. The highest BCUT2D eigenvalue weighted by Gasteiger charge is 2.26. The van der Waals surface area contributed by atoms with E-state index in [9.17, 15) is 19.2 Å². The van der Waals surface area contributed by atoms with Crippen LogP contribution in [-0.4, -0.2) is 27.9 Å². The third kappa shape index (κ3) is 4.77. The minimum absolute atomic E-state index is 0.0221. The third-order valence-corrected chi connectivity index (χ3v) is 6.13. The molecular weight excluding hydrogens is 502 g/mol. The summed E-state index contributed by atoms with van der Waals surface area (Å²) >= 11 is 0. The Hall–Kier alpha value is -5.19. The van der Waals surface area contributed by atoms with Gasteiger partial charge in [-0.1, -0.05) is 42.8 Å². The van der Waals surface area contributed by atoms with E-state index in [-0.39, 0.29) is 33.9 Å². The topological polar surface area (TPSA) is 148 Å². The molecule has 0 aliphatic heterocycles. The van der Waals surface area contributed by atoms with Crippen LogP contribution in [0.3, 0.4) is 0 Å². The first-order valence-corrected chi connectivity index (χ1v) is 12.3. The van der Waals surface area contributed by atoms with Crippen molar-refractivity contribution in [3.8, 4) is 5.69 Å². The maximum Gasteiger partial charge on any atom is 0.349 e. The van der Waals surface area contributed by atoms with E-state index in [0.29, 0.717) is 23.2 Å². The number of furan rings is 1. The van der Waals surface area contributed by atoms with Crippen molar-refractivity contribution in [1.82, 2.24) is 20.4 Å². The zero-order valence-corrected chi connectivity index (χ0v) is 21.5. The van der Waals surface area contributed by atoms with Gasteiger partial charge in [0.1, 0.15) is 22.3 Å². The van der Waals surface area contributed by atoms with E-state index in [0.717, 1.165) is 12.0 Å². The highest BCUT2D eigenvalue weighted by atomic mass is 16.4. The Balaban J connectivity index is 1.50. The van der Waals surface area contributed by atoms with Gasteiger partial charge in [0.2, 0.25) is 11.7 Å². The normalized spacial score (nSPS) is 11.1. The molecule has 2 aromatic carbocycles. The molecule has 3 N–H and O–H groups in total. The van der Waals surface area contributed by atoms with Crippen LogP contribution in [0.4, 0.5) is 5.95 Å². The summed E-state index contributed by atoms with van der Waals surface area (Å²) in [5, 5.41) is 3.63. The van der Waals surface area contributed by atoms with Crippen LogP contribution in [0.2, 0.25) is 0 Å². The van der Waals surface area contributed by atoms with Crippen LogP contribution in [0.1, 0.15) is 45.4 Å². The first kappa shape index (κ1) is 25.5. The molecule has 0 unspecified atom stereocenters. The van der Waals surface area contributed by atoms with Gasteiger partial charge < -0.3 is 14.2 Å². The predicted molar refractivity (Wildman–Crippen MR) is 145 cm³/mol. The second-order valence-corrected chi connectivity index (χ2v) is 8.95. The molecule has 5 rings (SSSR count). The summed E-state index contributed by atoms with van der Waals surface area (Å²) in [6, 6.07) is 15.4. The number of rotatable bonds is 6. The molecule has 0 atom stereocenters. The number of hydrogen-bond donors (Lipinski definition) is 3. The number of carbonyl (C=O) groups is 2. The summed E-state index contributed by atoms with van der Waals surface area (Å²) in [5.41, 5.74) is 4.59. The number of para-hydroxylation sites is 1. The summed E-state index contributed by atoms with van der Waals surface area (Å²) in [6.07, 6.45) is 0.794. The van der Waals surface area contributed by atoms with Gasteiger partial charge in [-0.3, -0.25) is 25.2 Å². The maximum atomic E-state index is 13.8. The van der Waals surface area contributed by atoms with E-state index < -0.39 is 23.0 Å². The van der Waals surface area contributed by atoms with Gasteiger partial charge in [0.25, 0.3) is 17.4 Å². The molecule has 0 saturated heterocycles. The summed E-state index contributed by atoms with van der Waals surface area (Å²) in [6.45, 7) is 5.99. The van der Waals surface area contributed by atoms with Crippen molar-refractivity contribution in [2.45, 2.75) is 27.2 Å². The zero-order chi connectivity index (χ0) is 27.7. The zero-order valence-electron chi connectivity index (χ0n) is 21.5. The highest BCUT2D eigenvalue weighted by Crippen LogP contribution is 2.24. The molecular formula is C28H25N5O6. The molecule has 0 aliphatic rings. The number of carbonyl (C=O) groups excluding carboxylic acids is 2. The van der Waals surface area contributed by atoms with Crippen LogP contribution in [0, 0.1) is 13.8 Å². The van der Waals surface area contributed by atoms with E-state index in [4.69, 9.17) is 8.83 Å². The largest absolute Gasteiger partial charge is 0.442 e. The molecule has 0 spiro atoms. The number of hydrogen-bond acceptors (Lipinski definition) is 8. The fraction of sp³-hybridized carbons (Fsp3) is 0.179. The van der Waals surface area contributed by atoms with Crippen molar-refractivity contribution in [3.05, 3.63) is 97.8 Å². The third-order valence-electron chi connectivity index (χ3n) is 6.13. The minimum Gasteiger partial charge on any atom is -0.442 e. The van der Waals surface area contributed by atoms with E-state index >= 15 is 0 Å². The van der Waals surface area contributed by atoms with Gasteiger partial charge in [-0.05, 0) is 44.5 Å². The molecule has 11 heteroatoms. The maximum absolute atomic E-state index is 13.8. The minimum atomic E-state index is -0.880. The van der Waals surface area contributed by atoms with Crippen molar-refractivity contribution in [2.24, 2.45) is 0 Å². The standard InChI is InChI=1S/C28H25N5O6/c1-4-13-29-28-30-25-22(26(36)33(28)18-11-9-15(2)10-12-18)21(16(3)38-25)24(35)32-31-23(34)19-14-17-7-5-6-8-20(17)39-27(19)37/h5-12,14H,4,13H2,1-3H3,(H,29,30)(H,31,34)(H,32,35). The lowest BCUT2D eigenvalue weighted by Gasteiger charge is -2.13. The van der Waals surface area contributed by atoms with Crippen LogP contribution < -0.4 is 27.4 Å². The Morgan fingerprint density at radius 1 is 0.949 bits per heavy atom. The molecule has 0 aliphatic carbocycles. The fourth-order valence-electron chi connectivity index (χ4n) is 4.19. The van der Waals surface area contributed by atoms with Crippen LogP contribution >= 0.6 is 0 Å². The first-order valence-electron chi connectivity index (χ1n) is 12.3. The number of amides is 2. The summed E-state index contributed by atoms with van der Waals surface area (Å²) in [5.74, 6) is -1.28. The Kier molecular flexibility index (Phi) is 6.72. The fourth-order valence-corrected chi connectivity index (χ4v) is 4.19. The van der Waals surface area contributed by atoms with E-state index in [2.05, 4.69) is 21.2 Å². The number of fused-ring (bicyclic) bond motifs is 2. The summed E-state index contributed by atoms with van der Waals surface area (Å²) < 4.78 is 12.2. The molecule has 198 valence electrons. The molecule has 0 bridgehead atoms. The van der Waals surface area contributed by atoms with E-state index in [1.165, 1.54) is 17.6 Å². The number of nitrogens with one attached hydrogen (secondary N) is 3. The van der Waals surface area contributed by atoms with E-state index in [1.54, 1.807) is 36.4 Å². The van der Waals surface area contributed by atoms with Gasteiger partial charge in [-0.2, -0.15) is 4.98 Å². The van der Waals surface area contributed by atoms with Gasteiger partial charge in [0.15, 0.2) is 0 Å². The molecule has 2 amide bonds. The number of benzene rings is 2. The summed E-state index contributed by atoms with van der Waals surface area (Å²) in [4.78, 5) is 56.5. The van der Waals surface area contributed by atoms with Gasteiger partial charge >= 0.3 is 5.63 Å². The van der Waals surface area contributed by atoms with Crippen LogP contribution in [0.15, 0.2) is 73.0 Å². The van der Waals surface area contributed by atoms with E-state index in [1.807, 2.05) is 26.0 Å². The molecule has 0 fully saturated rings. The molecule has 39 heavy (non-hydrogen) atoms. The number of anilines is 1. The number of aromatic nitrogens is 2. The first-order chi connectivity index (χ1) is 18.8. The summed E-state index contributed by atoms with van der Waals surface area (Å²) in [7, 11) is 0. The Labute approximate surface area is 221 Å². The van der Waals surface area contributed by atoms with Gasteiger partial charge in [0.05, 0.1) is 11.3 Å². The predicted octanol–water partition coefficient (Wildman–Crippen LogP) is 3.60. The van der Waals surface area contributed by atoms with Crippen LogP contribution in [-0.2, 0) is 0 Å². The number of nitrogens with zero attached hydrogens (tertiary/aromatic N) is 2. The number of hydrazine groups is 1. The molecule has 11 nitrogen and oxygen atoms in total. The smallest absolute Gasteiger partial charge is 0.349 e. The van der Waals surface area contributed by atoms with Crippen molar-refractivity contribution < 1.29 is 18.4 Å². The molecule has 5 aromatic rings. The highest BCUT2D eigenvalue weighted by molar-refractivity contribution is 6.07. The monoisotopic (exact) mass is 527 g/mol. The van der Waals surface area contributed by atoms with Crippen LogP contribution in [0.5, 0.6) is 0 Å². The van der Waals surface area contributed by atoms with Gasteiger partial charge in [0, 0.05) is 11.9 Å². The average molecular weight is 528 g/mol. The SMILES string of the molecule is CCCNc1nc2oc(C)c(C(=O)NNC(=O)c3cc4ccccc4oc3=O)c2c(=O)n1-c1ccc(C)cc1. The number of aryl methyl sites for hydroxylation is 2. The molecule has 0 radical (unpaired) electrons. The quantitative estimate of drug-likeness (QED) is 0.224. The van der Waals surface area contributed by atoms with Crippen molar-refractivity contribution in [1.29, 1.82) is 0 Å². The van der Waals surface area contributed by atoms with Gasteiger partial charge in [-0.15, -0.1) is 0 Å². The van der Waals surface area contributed by atoms with Crippen LogP contribution in [0.25, 0.3) is 27.8 Å². The second kappa shape index (κ2) is 10.3. The lowest BCUT2D eigenvalue weighted by atomic mass is 10.1.